The zero-order valence-corrected chi connectivity index (χ0v) is 16.9. The maximum absolute atomic E-state index is 12.6. The second kappa shape index (κ2) is 8.24. The van der Waals surface area contributed by atoms with Crippen molar-refractivity contribution in [2.45, 2.75) is 18.9 Å². The third kappa shape index (κ3) is 4.15. The van der Waals surface area contributed by atoms with Crippen LogP contribution in [0.2, 0.25) is 5.02 Å². The van der Waals surface area contributed by atoms with E-state index in [0.717, 1.165) is 23.1 Å². The number of fused-ring (bicyclic) bond motifs is 1. The summed E-state index contributed by atoms with van der Waals surface area (Å²) in [6.07, 6.45) is 1.58. The van der Waals surface area contributed by atoms with Crippen LogP contribution >= 0.6 is 22.9 Å². The first kappa shape index (κ1) is 18.8. The largest absolute Gasteiger partial charge is 0.495 e. The van der Waals surface area contributed by atoms with E-state index in [1.807, 2.05) is 24.3 Å². The van der Waals surface area contributed by atoms with E-state index < -0.39 is 0 Å². The number of amides is 2. The van der Waals surface area contributed by atoms with E-state index in [1.54, 1.807) is 41.5 Å². The highest BCUT2D eigenvalue weighted by Gasteiger charge is 2.25. The minimum atomic E-state index is -0.168. The van der Waals surface area contributed by atoms with Crippen LogP contribution in [0.1, 0.15) is 12.8 Å². The molecule has 2 amide bonds. The molecule has 6 nitrogen and oxygen atoms in total. The molecule has 1 N–H and O–H groups in total. The van der Waals surface area contributed by atoms with Crippen LogP contribution in [0, 0.1) is 0 Å². The molecule has 8 heteroatoms. The van der Waals surface area contributed by atoms with Crippen LogP contribution in [0.25, 0.3) is 10.2 Å². The fourth-order valence-electron chi connectivity index (χ4n) is 3.19. The van der Waals surface area contributed by atoms with Gasteiger partial charge in [-0.25, -0.2) is 9.78 Å². The summed E-state index contributed by atoms with van der Waals surface area (Å²) in [6, 6.07) is 13.0. The molecule has 1 saturated heterocycles. The van der Waals surface area contributed by atoms with Crippen LogP contribution in [-0.4, -0.2) is 42.2 Å². The standard InChI is InChI=1S/C20H20ClN3O3S/c1-26-17-7-6-13(21)12-16(17)22-19(25)24-10-8-14(9-11-24)27-20-23-15-4-2-3-5-18(15)28-20/h2-7,12,14H,8-11H2,1H3,(H,22,25). The third-order valence-corrected chi connectivity index (χ3v) is 5.84. The van der Waals surface area contributed by atoms with Crippen molar-refractivity contribution in [1.29, 1.82) is 0 Å². The molecule has 2 aromatic carbocycles. The summed E-state index contributed by atoms with van der Waals surface area (Å²) >= 11 is 7.58. The molecule has 0 spiro atoms. The van der Waals surface area contributed by atoms with Crippen LogP contribution in [0.3, 0.4) is 0 Å². The lowest BCUT2D eigenvalue weighted by molar-refractivity contribution is 0.115. The smallest absolute Gasteiger partial charge is 0.321 e. The van der Waals surface area contributed by atoms with Crippen molar-refractivity contribution in [2.24, 2.45) is 0 Å². The first-order valence-corrected chi connectivity index (χ1v) is 10.2. The van der Waals surface area contributed by atoms with Gasteiger partial charge in [-0.2, -0.15) is 0 Å². The summed E-state index contributed by atoms with van der Waals surface area (Å²) < 4.78 is 12.4. The van der Waals surface area contributed by atoms with Gasteiger partial charge in [-0.05, 0) is 30.3 Å². The Hall–Kier alpha value is -2.51. The molecule has 3 aromatic rings. The summed E-state index contributed by atoms with van der Waals surface area (Å²) in [5, 5.41) is 4.11. The summed E-state index contributed by atoms with van der Waals surface area (Å²) in [5.41, 5.74) is 1.52. The minimum Gasteiger partial charge on any atom is -0.495 e. The van der Waals surface area contributed by atoms with Gasteiger partial charge in [0.15, 0.2) is 0 Å². The predicted molar refractivity (Wildman–Crippen MR) is 112 cm³/mol. The number of carbonyl (C=O) groups excluding carboxylic acids is 1. The summed E-state index contributed by atoms with van der Waals surface area (Å²) in [6.45, 7) is 1.23. The average Bonchev–Trinajstić information content (AvgIpc) is 3.11. The van der Waals surface area contributed by atoms with Gasteiger partial charge in [0.1, 0.15) is 11.9 Å². The zero-order valence-electron chi connectivity index (χ0n) is 15.4. The van der Waals surface area contributed by atoms with Crippen molar-refractivity contribution in [3.8, 4) is 10.9 Å². The molecule has 1 aliphatic heterocycles. The Morgan fingerprint density at radius 2 is 2.04 bits per heavy atom. The highest BCUT2D eigenvalue weighted by Crippen LogP contribution is 2.30. The van der Waals surface area contributed by atoms with Crippen molar-refractivity contribution in [1.82, 2.24) is 9.88 Å². The Morgan fingerprint density at radius 3 is 2.79 bits per heavy atom. The number of likely N-dealkylation sites (tertiary alicyclic amines) is 1. The number of thiazole rings is 1. The Kier molecular flexibility index (Phi) is 5.54. The second-order valence-electron chi connectivity index (χ2n) is 6.53. The molecule has 0 unspecified atom stereocenters. The van der Waals surface area contributed by atoms with Gasteiger partial charge < -0.3 is 19.7 Å². The first-order valence-electron chi connectivity index (χ1n) is 9.04. The van der Waals surface area contributed by atoms with E-state index in [4.69, 9.17) is 21.1 Å². The first-order chi connectivity index (χ1) is 13.6. The number of hydrogen-bond donors (Lipinski definition) is 1. The number of carbonyl (C=O) groups is 1. The van der Waals surface area contributed by atoms with Gasteiger partial charge >= 0.3 is 6.03 Å². The molecule has 0 atom stereocenters. The van der Waals surface area contributed by atoms with E-state index in [-0.39, 0.29) is 12.1 Å². The fraction of sp³-hybridized carbons (Fsp3) is 0.300. The number of rotatable bonds is 4. The van der Waals surface area contributed by atoms with E-state index >= 15 is 0 Å². The lowest BCUT2D eigenvalue weighted by Crippen LogP contribution is -2.43. The number of nitrogens with one attached hydrogen (secondary N) is 1. The predicted octanol–water partition coefficient (Wildman–Crippen LogP) is 5.03. The van der Waals surface area contributed by atoms with Crippen LogP contribution < -0.4 is 14.8 Å². The van der Waals surface area contributed by atoms with Crippen molar-refractivity contribution >= 4 is 44.9 Å². The Balaban J connectivity index is 1.33. The van der Waals surface area contributed by atoms with E-state index in [1.165, 1.54) is 0 Å². The van der Waals surface area contributed by atoms with Gasteiger partial charge in [0.05, 0.1) is 23.0 Å². The maximum Gasteiger partial charge on any atom is 0.321 e. The molecule has 0 radical (unpaired) electrons. The molecule has 0 saturated carbocycles. The number of urea groups is 1. The van der Waals surface area contributed by atoms with Gasteiger partial charge in [0.2, 0.25) is 0 Å². The van der Waals surface area contributed by atoms with Crippen LogP contribution in [0.15, 0.2) is 42.5 Å². The third-order valence-electron chi connectivity index (χ3n) is 4.67. The SMILES string of the molecule is COc1ccc(Cl)cc1NC(=O)N1CCC(Oc2nc3ccccc3s2)CC1. The summed E-state index contributed by atoms with van der Waals surface area (Å²) in [7, 11) is 1.56. The van der Waals surface area contributed by atoms with Crippen LogP contribution in [0.4, 0.5) is 10.5 Å². The Bertz CT molecular complexity index is 953. The number of halogens is 1. The van der Waals surface area contributed by atoms with Crippen molar-refractivity contribution in [3.63, 3.8) is 0 Å². The lowest BCUT2D eigenvalue weighted by Gasteiger charge is -2.31. The lowest BCUT2D eigenvalue weighted by atomic mass is 10.1. The minimum absolute atomic E-state index is 0.0605. The number of methoxy groups -OCH3 is 1. The van der Waals surface area contributed by atoms with Crippen molar-refractivity contribution in [2.75, 3.05) is 25.5 Å². The Labute approximate surface area is 172 Å². The molecule has 0 aliphatic carbocycles. The molecule has 0 bridgehead atoms. The molecule has 4 rings (SSSR count). The number of anilines is 1. The van der Waals surface area contributed by atoms with E-state index in [2.05, 4.69) is 10.3 Å². The van der Waals surface area contributed by atoms with Crippen molar-refractivity contribution in [3.05, 3.63) is 47.5 Å². The molecule has 1 fully saturated rings. The second-order valence-corrected chi connectivity index (χ2v) is 7.96. The number of ether oxygens (including phenoxy) is 2. The Morgan fingerprint density at radius 1 is 1.25 bits per heavy atom. The number of nitrogens with zero attached hydrogens (tertiary/aromatic N) is 2. The molecule has 2 heterocycles. The quantitative estimate of drug-likeness (QED) is 0.646. The topological polar surface area (TPSA) is 63.7 Å². The van der Waals surface area contributed by atoms with Gasteiger partial charge in [-0.15, -0.1) is 0 Å². The molecule has 1 aromatic heterocycles. The van der Waals surface area contributed by atoms with Gasteiger partial charge in [-0.1, -0.05) is 35.1 Å². The number of benzene rings is 2. The van der Waals surface area contributed by atoms with Crippen LogP contribution in [-0.2, 0) is 0 Å². The highest BCUT2D eigenvalue weighted by atomic mass is 35.5. The summed E-state index contributed by atoms with van der Waals surface area (Å²) in [4.78, 5) is 18.9. The van der Waals surface area contributed by atoms with Gasteiger partial charge in [-0.3, -0.25) is 0 Å². The number of aromatic nitrogens is 1. The zero-order chi connectivity index (χ0) is 19.5. The maximum atomic E-state index is 12.6. The monoisotopic (exact) mass is 417 g/mol. The average molecular weight is 418 g/mol. The molecular formula is C20H20ClN3O3S. The number of piperidine rings is 1. The summed E-state index contributed by atoms with van der Waals surface area (Å²) in [5.74, 6) is 0.576. The molecule has 28 heavy (non-hydrogen) atoms. The molecule has 1 aliphatic rings. The molecule has 146 valence electrons. The number of para-hydroxylation sites is 1. The van der Waals surface area contributed by atoms with E-state index in [0.29, 0.717) is 34.7 Å². The number of hydrogen-bond acceptors (Lipinski definition) is 5. The highest BCUT2D eigenvalue weighted by molar-refractivity contribution is 7.20. The van der Waals surface area contributed by atoms with E-state index in [9.17, 15) is 4.79 Å². The molecular weight excluding hydrogens is 398 g/mol. The van der Waals surface area contributed by atoms with Crippen LogP contribution in [0.5, 0.6) is 10.9 Å². The van der Waals surface area contributed by atoms with Crippen molar-refractivity contribution < 1.29 is 14.3 Å². The fourth-order valence-corrected chi connectivity index (χ4v) is 4.25. The normalized spacial score (nSPS) is 14.9. The van der Waals surface area contributed by atoms with Gasteiger partial charge in [0.25, 0.3) is 5.19 Å². The van der Waals surface area contributed by atoms with Gasteiger partial charge in [0, 0.05) is 31.0 Å².